The van der Waals surface area contributed by atoms with Crippen molar-refractivity contribution in [2.75, 3.05) is 7.11 Å². The topological polar surface area (TPSA) is 60.8 Å². The largest absolute Gasteiger partial charge is 0.497 e. The minimum absolute atomic E-state index is 0.252. The van der Waals surface area contributed by atoms with Crippen molar-refractivity contribution in [1.82, 2.24) is 4.98 Å². The molecule has 0 aliphatic carbocycles. The summed E-state index contributed by atoms with van der Waals surface area (Å²) in [6.07, 6.45) is 1.61. The maximum atomic E-state index is 11.8. The van der Waals surface area contributed by atoms with Crippen LogP contribution in [0.2, 0.25) is 0 Å². The fraction of sp³-hybridized carbons (Fsp3) is 0.0714. The molecule has 20 heavy (non-hydrogen) atoms. The van der Waals surface area contributed by atoms with E-state index >= 15 is 0 Å². The van der Waals surface area contributed by atoms with Crippen LogP contribution in [0, 0.1) is 0 Å². The summed E-state index contributed by atoms with van der Waals surface area (Å²) < 4.78 is 10.2. The third kappa shape index (κ3) is 2.46. The molecule has 100 valence electrons. The van der Waals surface area contributed by atoms with Crippen LogP contribution >= 0.6 is 11.3 Å². The minimum atomic E-state index is -0.469. The summed E-state index contributed by atoms with van der Waals surface area (Å²) in [4.78, 5) is 20.0. The van der Waals surface area contributed by atoms with Crippen LogP contribution in [-0.4, -0.2) is 24.0 Å². The van der Waals surface area contributed by atoms with E-state index in [2.05, 4.69) is 9.98 Å². The Bertz CT molecular complexity index is 688. The number of thiazole rings is 1. The van der Waals surface area contributed by atoms with E-state index in [1.165, 1.54) is 11.3 Å². The number of methoxy groups -OCH3 is 1. The molecule has 0 spiro atoms. The Morgan fingerprint density at radius 2 is 2.10 bits per heavy atom. The monoisotopic (exact) mass is 286 g/mol. The van der Waals surface area contributed by atoms with E-state index in [4.69, 9.17) is 9.47 Å². The van der Waals surface area contributed by atoms with Gasteiger partial charge in [-0.05, 0) is 30.3 Å². The smallest absolute Gasteiger partial charge is 0.363 e. The van der Waals surface area contributed by atoms with Gasteiger partial charge in [0.25, 0.3) is 0 Å². The number of carbonyl (C=O) groups excluding carboxylic acids is 1. The van der Waals surface area contributed by atoms with E-state index in [9.17, 15) is 4.79 Å². The molecule has 5 nitrogen and oxygen atoms in total. The molecule has 2 aromatic rings. The van der Waals surface area contributed by atoms with Crippen LogP contribution in [0.5, 0.6) is 5.75 Å². The molecule has 0 bridgehead atoms. The van der Waals surface area contributed by atoms with Gasteiger partial charge in [-0.1, -0.05) is 0 Å². The van der Waals surface area contributed by atoms with Crippen LogP contribution in [0.15, 0.2) is 45.8 Å². The lowest BCUT2D eigenvalue weighted by Crippen LogP contribution is -2.05. The van der Waals surface area contributed by atoms with Crippen molar-refractivity contribution in [3.05, 3.63) is 52.1 Å². The number of aliphatic imine (C=N–C) groups is 1. The summed E-state index contributed by atoms with van der Waals surface area (Å²) in [5, 5.41) is 1.83. The van der Waals surface area contributed by atoms with Gasteiger partial charge in [-0.2, -0.15) is 0 Å². The molecule has 0 N–H and O–H groups in total. The Labute approximate surface area is 119 Å². The number of esters is 1. The highest BCUT2D eigenvalue weighted by molar-refractivity contribution is 7.07. The second-order valence-electron chi connectivity index (χ2n) is 3.98. The first-order valence-corrected chi connectivity index (χ1v) is 6.76. The summed E-state index contributed by atoms with van der Waals surface area (Å²) in [5.74, 6) is 0.555. The Hall–Kier alpha value is -2.47. The van der Waals surface area contributed by atoms with Gasteiger partial charge >= 0.3 is 5.97 Å². The van der Waals surface area contributed by atoms with Crippen molar-refractivity contribution in [1.29, 1.82) is 0 Å². The maximum Gasteiger partial charge on any atom is 0.363 e. The van der Waals surface area contributed by atoms with Gasteiger partial charge in [0.15, 0.2) is 5.70 Å². The Balaban J connectivity index is 1.89. The van der Waals surface area contributed by atoms with Crippen molar-refractivity contribution in [2.24, 2.45) is 4.99 Å². The number of ether oxygens (including phenoxy) is 2. The number of benzene rings is 1. The molecule has 0 unspecified atom stereocenters. The van der Waals surface area contributed by atoms with Crippen molar-refractivity contribution >= 4 is 29.3 Å². The lowest BCUT2D eigenvalue weighted by Gasteiger charge is -2.01. The normalized spacial score (nSPS) is 16.1. The van der Waals surface area contributed by atoms with Crippen LogP contribution in [0.3, 0.4) is 0 Å². The molecule has 6 heteroatoms. The molecule has 1 aromatic heterocycles. The van der Waals surface area contributed by atoms with E-state index in [1.54, 1.807) is 43.0 Å². The average Bonchev–Trinajstić information content (AvgIpc) is 3.10. The van der Waals surface area contributed by atoms with Gasteiger partial charge in [-0.15, -0.1) is 11.3 Å². The number of nitrogens with zero attached hydrogens (tertiary/aromatic N) is 2. The van der Waals surface area contributed by atoms with E-state index in [-0.39, 0.29) is 5.70 Å². The predicted molar refractivity (Wildman–Crippen MR) is 75.7 cm³/mol. The third-order valence-corrected chi connectivity index (χ3v) is 3.30. The van der Waals surface area contributed by atoms with E-state index in [0.717, 1.165) is 11.3 Å². The second kappa shape index (κ2) is 5.26. The molecule has 1 aromatic carbocycles. The van der Waals surface area contributed by atoms with Crippen LogP contribution in [0.1, 0.15) is 11.3 Å². The highest BCUT2D eigenvalue weighted by Gasteiger charge is 2.24. The third-order valence-electron chi connectivity index (χ3n) is 2.69. The van der Waals surface area contributed by atoms with Crippen LogP contribution < -0.4 is 4.74 Å². The number of aromatic nitrogens is 1. The van der Waals surface area contributed by atoms with Crippen molar-refractivity contribution in [2.45, 2.75) is 0 Å². The SMILES string of the molecule is COc1ccc(C2=NC(=Cc3cscn3)C(=O)O2)cc1. The molecule has 3 rings (SSSR count). The number of cyclic esters (lactones) is 1. The van der Waals surface area contributed by atoms with Crippen LogP contribution in [-0.2, 0) is 9.53 Å². The fourth-order valence-corrected chi connectivity index (χ4v) is 2.21. The number of hydrogen-bond donors (Lipinski definition) is 0. The molecule has 0 saturated heterocycles. The number of rotatable bonds is 3. The molecular weight excluding hydrogens is 276 g/mol. The van der Waals surface area contributed by atoms with Gasteiger partial charge in [0.2, 0.25) is 5.90 Å². The molecule has 0 saturated carbocycles. The van der Waals surface area contributed by atoms with Gasteiger partial charge in [-0.3, -0.25) is 0 Å². The summed E-state index contributed by atoms with van der Waals surface area (Å²) in [6.45, 7) is 0. The summed E-state index contributed by atoms with van der Waals surface area (Å²) in [7, 11) is 1.59. The van der Waals surface area contributed by atoms with E-state index in [0.29, 0.717) is 11.6 Å². The zero-order valence-corrected chi connectivity index (χ0v) is 11.4. The van der Waals surface area contributed by atoms with E-state index < -0.39 is 5.97 Å². The highest BCUT2D eigenvalue weighted by Crippen LogP contribution is 2.20. The van der Waals surface area contributed by atoms with Crippen molar-refractivity contribution in [3.63, 3.8) is 0 Å². The molecule has 1 aliphatic rings. The highest BCUT2D eigenvalue weighted by atomic mass is 32.1. The zero-order chi connectivity index (χ0) is 13.9. The Morgan fingerprint density at radius 1 is 1.30 bits per heavy atom. The van der Waals surface area contributed by atoms with Gasteiger partial charge in [-0.25, -0.2) is 14.8 Å². The molecule has 1 aliphatic heterocycles. The first-order valence-electron chi connectivity index (χ1n) is 5.81. The Kier molecular flexibility index (Phi) is 3.30. The zero-order valence-electron chi connectivity index (χ0n) is 10.6. The first kappa shape index (κ1) is 12.6. The van der Waals surface area contributed by atoms with Crippen LogP contribution in [0.25, 0.3) is 6.08 Å². The van der Waals surface area contributed by atoms with Gasteiger partial charge in [0.05, 0.1) is 18.3 Å². The molecule has 2 heterocycles. The first-order chi connectivity index (χ1) is 9.76. The molecule has 0 fully saturated rings. The van der Waals surface area contributed by atoms with Gasteiger partial charge in [0, 0.05) is 10.9 Å². The molecule has 0 amide bonds. The fourth-order valence-electron chi connectivity index (χ4n) is 1.70. The van der Waals surface area contributed by atoms with E-state index in [1.807, 2.05) is 5.38 Å². The number of hydrogen-bond acceptors (Lipinski definition) is 6. The van der Waals surface area contributed by atoms with Gasteiger partial charge < -0.3 is 9.47 Å². The van der Waals surface area contributed by atoms with Crippen molar-refractivity contribution < 1.29 is 14.3 Å². The standard InChI is InChI=1S/C14H10N2O3S/c1-18-11-4-2-9(3-5-11)13-16-12(14(17)19-13)6-10-7-20-8-15-10/h2-8H,1H3. The average molecular weight is 286 g/mol. The summed E-state index contributed by atoms with van der Waals surface area (Å²) in [5.41, 5.74) is 3.37. The van der Waals surface area contributed by atoms with Crippen LogP contribution in [0.4, 0.5) is 0 Å². The minimum Gasteiger partial charge on any atom is -0.497 e. The predicted octanol–water partition coefficient (Wildman–Crippen LogP) is 2.50. The maximum absolute atomic E-state index is 11.8. The lowest BCUT2D eigenvalue weighted by atomic mass is 10.2. The Morgan fingerprint density at radius 3 is 2.75 bits per heavy atom. The van der Waals surface area contributed by atoms with Crippen molar-refractivity contribution in [3.8, 4) is 5.75 Å². The van der Waals surface area contributed by atoms with Gasteiger partial charge in [0.1, 0.15) is 5.75 Å². The molecule has 0 radical (unpaired) electrons. The quantitative estimate of drug-likeness (QED) is 0.642. The number of carbonyl (C=O) groups is 1. The summed E-state index contributed by atoms with van der Waals surface area (Å²) >= 11 is 1.46. The summed E-state index contributed by atoms with van der Waals surface area (Å²) in [6, 6.07) is 7.15. The lowest BCUT2D eigenvalue weighted by molar-refractivity contribution is -0.129. The molecular formula is C14H10N2O3S. The molecule has 0 atom stereocenters. The second-order valence-corrected chi connectivity index (χ2v) is 4.70.